The third-order valence-electron chi connectivity index (χ3n) is 3.91. The van der Waals surface area contributed by atoms with E-state index in [0.717, 1.165) is 44.2 Å². The van der Waals surface area contributed by atoms with Crippen molar-refractivity contribution in [1.29, 1.82) is 0 Å². The minimum absolute atomic E-state index is 0. The molecule has 0 spiro atoms. The predicted octanol–water partition coefficient (Wildman–Crippen LogP) is 3.57. The van der Waals surface area contributed by atoms with Crippen molar-refractivity contribution in [1.82, 2.24) is 10.2 Å². The van der Waals surface area contributed by atoms with Crippen LogP contribution in [0.3, 0.4) is 0 Å². The molecule has 1 heterocycles. The van der Waals surface area contributed by atoms with Crippen molar-refractivity contribution in [2.75, 3.05) is 39.9 Å². The maximum Gasteiger partial charge on any atom is 0.193 e. The molecule has 7 heteroatoms. The molecule has 1 aromatic rings. The van der Waals surface area contributed by atoms with Crippen LogP contribution in [0.2, 0.25) is 5.02 Å². The molecule has 0 radical (unpaired) electrons. The largest absolute Gasteiger partial charge is 0.381 e. The third-order valence-corrected chi connectivity index (χ3v) is 4.26. The minimum Gasteiger partial charge on any atom is -0.381 e. The lowest BCUT2D eigenvalue weighted by molar-refractivity contribution is 0.181. The summed E-state index contributed by atoms with van der Waals surface area (Å²) in [4.78, 5) is 6.80. The Hall–Kier alpha value is -0.600. The van der Waals surface area contributed by atoms with Gasteiger partial charge in [-0.15, -0.1) is 24.0 Å². The van der Waals surface area contributed by atoms with Crippen LogP contribution in [0.5, 0.6) is 0 Å². The summed E-state index contributed by atoms with van der Waals surface area (Å²) >= 11 is 6.05. The summed E-state index contributed by atoms with van der Waals surface area (Å²) in [5.74, 6) is 1.14. The number of guanidine groups is 1. The molecule has 2 rings (SSSR count). The second-order valence-electron chi connectivity index (χ2n) is 5.83. The molecule has 1 aromatic carbocycles. The van der Waals surface area contributed by atoms with Gasteiger partial charge in [-0.1, -0.05) is 17.7 Å². The second kappa shape index (κ2) is 11.1. The molecule has 0 bridgehead atoms. The Morgan fingerprint density at radius 3 is 2.92 bits per heavy atom. The highest BCUT2D eigenvalue weighted by Crippen LogP contribution is 2.18. The van der Waals surface area contributed by atoms with E-state index >= 15 is 0 Å². The van der Waals surface area contributed by atoms with Crippen molar-refractivity contribution in [2.24, 2.45) is 10.9 Å². The highest BCUT2D eigenvalue weighted by atomic mass is 127. The number of aliphatic imine (C=N–C) groups is 1. The highest BCUT2D eigenvalue weighted by Gasteiger charge is 2.19. The Bertz CT molecular complexity index is 539. The summed E-state index contributed by atoms with van der Waals surface area (Å²) in [7, 11) is 2.05. The highest BCUT2D eigenvalue weighted by molar-refractivity contribution is 14.0. The zero-order valence-corrected chi connectivity index (χ0v) is 17.3. The first-order valence-corrected chi connectivity index (χ1v) is 8.49. The Morgan fingerprint density at radius 1 is 1.50 bits per heavy atom. The first-order valence-electron chi connectivity index (χ1n) is 8.11. The Morgan fingerprint density at radius 2 is 2.29 bits per heavy atom. The number of hydrogen-bond donors (Lipinski definition) is 1. The molecule has 1 N–H and O–H groups in total. The molecule has 4 nitrogen and oxygen atoms in total. The van der Waals surface area contributed by atoms with E-state index < -0.39 is 0 Å². The van der Waals surface area contributed by atoms with Crippen molar-refractivity contribution in [3.05, 3.63) is 34.6 Å². The van der Waals surface area contributed by atoms with Gasteiger partial charge in [-0.05, 0) is 37.5 Å². The molecule has 0 saturated carbocycles. The summed E-state index contributed by atoms with van der Waals surface area (Å²) < 4.78 is 18.5. The molecule has 1 aliphatic rings. The van der Waals surface area contributed by atoms with Gasteiger partial charge in [-0.25, -0.2) is 4.39 Å². The average Bonchev–Trinajstić information content (AvgIpc) is 3.01. The molecule has 0 amide bonds. The van der Waals surface area contributed by atoms with Gasteiger partial charge in [-0.2, -0.15) is 0 Å². The van der Waals surface area contributed by atoms with Crippen LogP contribution in [0, 0.1) is 11.7 Å². The second-order valence-corrected chi connectivity index (χ2v) is 6.24. The van der Waals surface area contributed by atoms with Gasteiger partial charge in [0.2, 0.25) is 0 Å². The number of hydrogen-bond acceptors (Lipinski definition) is 2. The minimum atomic E-state index is -0.311. The fourth-order valence-corrected chi connectivity index (χ4v) is 2.94. The van der Waals surface area contributed by atoms with Gasteiger partial charge in [-0.3, -0.25) is 4.99 Å². The number of benzene rings is 1. The van der Waals surface area contributed by atoms with E-state index in [4.69, 9.17) is 16.3 Å². The lowest BCUT2D eigenvalue weighted by Crippen LogP contribution is -2.41. The zero-order valence-electron chi connectivity index (χ0n) is 14.2. The predicted molar refractivity (Wildman–Crippen MR) is 108 cm³/mol. The third kappa shape index (κ3) is 6.72. The normalized spacial score (nSPS) is 17.5. The van der Waals surface area contributed by atoms with Crippen molar-refractivity contribution in [3.8, 4) is 0 Å². The molecule has 1 fully saturated rings. The van der Waals surface area contributed by atoms with Crippen LogP contribution in [-0.2, 0) is 11.2 Å². The Balaban J connectivity index is 0.00000288. The van der Waals surface area contributed by atoms with Crippen molar-refractivity contribution in [2.45, 2.75) is 19.8 Å². The molecule has 0 aromatic heterocycles. The van der Waals surface area contributed by atoms with Crippen LogP contribution in [-0.4, -0.2) is 50.8 Å². The number of nitrogens with one attached hydrogen (secondary N) is 1. The van der Waals surface area contributed by atoms with Gasteiger partial charge >= 0.3 is 0 Å². The van der Waals surface area contributed by atoms with Gasteiger partial charge in [0, 0.05) is 44.2 Å². The smallest absolute Gasteiger partial charge is 0.193 e. The molecule has 1 unspecified atom stereocenters. The number of rotatable bonds is 6. The molecule has 1 aliphatic heterocycles. The Labute approximate surface area is 165 Å². The van der Waals surface area contributed by atoms with E-state index in [-0.39, 0.29) is 29.8 Å². The van der Waals surface area contributed by atoms with Crippen molar-refractivity contribution in [3.63, 3.8) is 0 Å². The van der Waals surface area contributed by atoms with Crippen LogP contribution in [0.25, 0.3) is 0 Å². The van der Waals surface area contributed by atoms with E-state index in [1.165, 1.54) is 12.1 Å². The van der Waals surface area contributed by atoms with Crippen LogP contribution in [0.15, 0.2) is 23.2 Å². The van der Waals surface area contributed by atoms with Crippen LogP contribution in [0.1, 0.15) is 18.9 Å². The van der Waals surface area contributed by atoms with Crippen LogP contribution < -0.4 is 5.32 Å². The molecular weight excluding hydrogens is 444 g/mol. The fourth-order valence-electron chi connectivity index (χ4n) is 2.68. The number of halogens is 3. The van der Waals surface area contributed by atoms with E-state index in [2.05, 4.69) is 22.1 Å². The molecule has 24 heavy (non-hydrogen) atoms. The average molecular weight is 470 g/mol. The van der Waals surface area contributed by atoms with E-state index in [1.54, 1.807) is 6.07 Å². The van der Waals surface area contributed by atoms with E-state index in [0.29, 0.717) is 23.9 Å². The summed E-state index contributed by atoms with van der Waals surface area (Å²) in [5.41, 5.74) is 0.916. The SMILES string of the molecule is CCNC(=NCCc1ccc(F)cc1Cl)N(C)CC1CCOC1.I. The van der Waals surface area contributed by atoms with E-state index in [1.807, 2.05) is 7.05 Å². The summed E-state index contributed by atoms with van der Waals surface area (Å²) in [5, 5.41) is 3.77. The van der Waals surface area contributed by atoms with Crippen molar-refractivity contribution >= 4 is 41.5 Å². The molecule has 136 valence electrons. The van der Waals surface area contributed by atoms with Gasteiger partial charge in [0.15, 0.2) is 5.96 Å². The maximum absolute atomic E-state index is 13.1. The lowest BCUT2D eigenvalue weighted by Gasteiger charge is -2.24. The molecule has 1 saturated heterocycles. The summed E-state index contributed by atoms with van der Waals surface area (Å²) in [6.45, 7) is 6.10. The van der Waals surface area contributed by atoms with Crippen LogP contribution in [0.4, 0.5) is 4.39 Å². The topological polar surface area (TPSA) is 36.9 Å². The van der Waals surface area contributed by atoms with Crippen molar-refractivity contribution < 1.29 is 9.13 Å². The molecular formula is C17H26ClFIN3O. The van der Waals surface area contributed by atoms with E-state index in [9.17, 15) is 4.39 Å². The Kier molecular flexibility index (Phi) is 9.92. The zero-order chi connectivity index (χ0) is 16.7. The molecule has 1 atom stereocenters. The number of ether oxygens (including phenoxy) is 1. The first kappa shape index (κ1) is 21.4. The fraction of sp³-hybridized carbons (Fsp3) is 0.588. The number of nitrogens with zero attached hydrogens (tertiary/aromatic N) is 2. The summed E-state index contributed by atoms with van der Waals surface area (Å²) in [6, 6.07) is 4.50. The lowest BCUT2D eigenvalue weighted by atomic mass is 10.1. The first-order chi connectivity index (χ1) is 11.1. The van der Waals surface area contributed by atoms with Gasteiger partial charge < -0.3 is 15.0 Å². The van der Waals surface area contributed by atoms with Gasteiger partial charge in [0.25, 0.3) is 0 Å². The molecule has 0 aliphatic carbocycles. The standard InChI is InChI=1S/C17H25ClFN3O.HI/c1-3-20-17(22(2)11-13-7-9-23-12-13)21-8-6-14-4-5-15(19)10-16(14)18;/h4-5,10,13H,3,6-9,11-12H2,1-2H3,(H,20,21);1H. The monoisotopic (exact) mass is 469 g/mol. The van der Waals surface area contributed by atoms with Crippen LogP contribution >= 0.6 is 35.6 Å². The quantitative estimate of drug-likeness (QED) is 0.393. The van der Waals surface area contributed by atoms with Gasteiger partial charge in [0.1, 0.15) is 5.82 Å². The summed E-state index contributed by atoms with van der Waals surface area (Å²) in [6.07, 6.45) is 1.79. The van der Waals surface area contributed by atoms with Gasteiger partial charge in [0.05, 0.1) is 6.61 Å². The maximum atomic E-state index is 13.1.